The van der Waals surface area contributed by atoms with E-state index in [2.05, 4.69) is 33.8 Å². The van der Waals surface area contributed by atoms with Crippen LogP contribution in [0, 0.1) is 0 Å². The Labute approximate surface area is 155 Å². The lowest BCUT2D eigenvalue weighted by atomic mass is 10.1. The summed E-state index contributed by atoms with van der Waals surface area (Å²) in [5, 5.41) is 9.96. The smallest absolute Gasteiger partial charge is 0.130 e. The fourth-order valence-corrected chi connectivity index (χ4v) is 4.13. The molecule has 0 bridgehead atoms. The molecule has 1 N–H and O–H groups in total. The number of benzene rings is 1. The van der Waals surface area contributed by atoms with Crippen molar-refractivity contribution in [2.45, 2.75) is 44.7 Å². The minimum absolute atomic E-state index is 0.166. The zero-order valence-corrected chi connectivity index (χ0v) is 15.3. The Bertz CT molecular complexity index is 724. The number of para-hydroxylation sites is 1. The van der Waals surface area contributed by atoms with Gasteiger partial charge >= 0.3 is 0 Å². The first kappa shape index (κ1) is 17.5. The maximum Gasteiger partial charge on any atom is 0.130 e. The van der Waals surface area contributed by atoms with E-state index in [-0.39, 0.29) is 6.10 Å². The first-order valence-electron chi connectivity index (χ1n) is 9.46. The average molecular weight is 353 g/mol. The van der Waals surface area contributed by atoms with E-state index in [1.807, 2.05) is 30.3 Å². The first-order valence-corrected chi connectivity index (χ1v) is 9.46. The average Bonchev–Trinajstić information content (AvgIpc) is 3.01. The maximum absolute atomic E-state index is 9.96. The summed E-state index contributed by atoms with van der Waals surface area (Å²) in [6.45, 7) is 6.49. The Morgan fingerprint density at radius 3 is 2.81 bits per heavy atom. The van der Waals surface area contributed by atoms with Crippen LogP contribution in [0.5, 0.6) is 5.75 Å². The molecular formula is C21H27N3O2. The highest BCUT2D eigenvalue weighted by Gasteiger charge is 2.38. The summed E-state index contributed by atoms with van der Waals surface area (Å²) in [5.74, 6) is 0.930. The molecule has 1 aromatic carbocycles. The SMILES string of the molecule is C[C@H]1CN2C[C@H](O)C[C@@H]2CN1Cc1ccccc1OCc1ccccn1. The van der Waals surface area contributed by atoms with Crippen molar-refractivity contribution in [3.63, 3.8) is 0 Å². The van der Waals surface area contributed by atoms with Gasteiger partial charge in [-0.2, -0.15) is 0 Å². The van der Waals surface area contributed by atoms with Gasteiger partial charge in [-0.1, -0.05) is 24.3 Å². The minimum Gasteiger partial charge on any atom is -0.487 e. The van der Waals surface area contributed by atoms with Crippen molar-refractivity contribution in [2.24, 2.45) is 0 Å². The molecule has 26 heavy (non-hydrogen) atoms. The second kappa shape index (κ2) is 7.74. The van der Waals surface area contributed by atoms with Gasteiger partial charge in [-0.05, 0) is 31.5 Å². The lowest BCUT2D eigenvalue weighted by molar-refractivity contribution is 0.0521. The summed E-state index contributed by atoms with van der Waals surface area (Å²) in [6.07, 6.45) is 2.52. The zero-order chi connectivity index (χ0) is 17.9. The predicted octanol–water partition coefficient (Wildman–Crippen LogP) is 2.30. The van der Waals surface area contributed by atoms with Crippen molar-refractivity contribution in [1.29, 1.82) is 0 Å². The Morgan fingerprint density at radius 2 is 1.96 bits per heavy atom. The van der Waals surface area contributed by atoms with Gasteiger partial charge in [0.15, 0.2) is 0 Å². The number of hydrogen-bond acceptors (Lipinski definition) is 5. The van der Waals surface area contributed by atoms with Crippen LogP contribution in [0.25, 0.3) is 0 Å². The van der Waals surface area contributed by atoms with Gasteiger partial charge < -0.3 is 9.84 Å². The van der Waals surface area contributed by atoms with Crippen LogP contribution in [-0.2, 0) is 13.2 Å². The van der Waals surface area contributed by atoms with E-state index >= 15 is 0 Å². The van der Waals surface area contributed by atoms with Crippen molar-refractivity contribution in [1.82, 2.24) is 14.8 Å². The minimum atomic E-state index is -0.166. The Balaban J connectivity index is 1.43. The summed E-state index contributed by atoms with van der Waals surface area (Å²) in [6, 6.07) is 15.1. The van der Waals surface area contributed by atoms with Crippen molar-refractivity contribution in [2.75, 3.05) is 19.6 Å². The molecule has 5 nitrogen and oxygen atoms in total. The standard InChI is InChI=1S/C21H27N3O2/c1-16-11-24-14-20(25)10-19(24)13-23(16)12-17-6-2-3-8-21(17)26-15-18-7-4-5-9-22-18/h2-9,16,19-20,25H,10-15H2,1H3/t16-,19+,20+/m0/s1. The van der Waals surface area contributed by atoms with E-state index in [0.29, 0.717) is 18.7 Å². The molecule has 2 aliphatic rings. The first-order chi connectivity index (χ1) is 12.7. The number of aliphatic hydroxyl groups is 1. The molecular weight excluding hydrogens is 326 g/mol. The molecule has 2 aliphatic heterocycles. The van der Waals surface area contributed by atoms with Gasteiger partial charge in [-0.25, -0.2) is 0 Å². The second-order valence-corrected chi connectivity index (χ2v) is 7.49. The topological polar surface area (TPSA) is 48.8 Å². The van der Waals surface area contributed by atoms with Crippen LogP contribution in [0.2, 0.25) is 0 Å². The van der Waals surface area contributed by atoms with Gasteiger partial charge in [0, 0.05) is 50.0 Å². The van der Waals surface area contributed by atoms with E-state index < -0.39 is 0 Å². The lowest BCUT2D eigenvalue weighted by Gasteiger charge is -2.42. The second-order valence-electron chi connectivity index (χ2n) is 7.49. The van der Waals surface area contributed by atoms with Crippen LogP contribution < -0.4 is 4.74 Å². The Morgan fingerprint density at radius 1 is 1.12 bits per heavy atom. The fourth-order valence-electron chi connectivity index (χ4n) is 4.13. The Kier molecular flexibility index (Phi) is 5.20. The number of nitrogens with zero attached hydrogens (tertiary/aromatic N) is 3. The van der Waals surface area contributed by atoms with Gasteiger partial charge in [0.1, 0.15) is 12.4 Å². The van der Waals surface area contributed by atoms with Gasteiger partial charge in [-0.15, -0.1) is 0 Å². The molecule has 0 radical (unpaired) electrons. The largest absolute Gasteiger partial charge is 0.487 e. The van der Waals surface area contributed by atoms with Crippen molar-refractivity contribution >= 4 is 0 Å². The molecule has 2 saturated heterocycles. The highest BCUT2D eigenvalue weighted by molar-refractivity contribution is 5.33. The molecule has 0 spiro atoms. The van der Waals surface area contributed by atoms with Crippen molar-refractivity contribution < 1.29 is 9.84 Å². The normalized spacial score (nSPS) is 26.6. The molecule has 1 aromatic heterocycles. The van der Waals surface area contributed by atoms with Crippen LogP contribution in [0.15, 0.2) is 48.7 Å². The zero-order valence-electron chi connectivity index (χ0n) is 15.3. The molecule has 4 rings (SSSR count). The third-order valence-electron chi connectivity index (χ3n) is 5.52. The molecule has 138 valence electrons. The highest BCUT2D eigenvalue weighted by Crippen LogP contribution is 2.28. The molecule has 0 saturated carbocycles. The van der Waals surface area contributed by atoms with Crippen LogP contribution >= 0.6 is 0 Å². The van der Waals surface area contributed by atoms with Gasteiger partial charge in [-0.3, -0.25) is 14.8 Å². The van der Waals surface area contributed by atoms with E-state index in [1.165, 1.54) is 5.56 Å². The molecule has 0 aliphatic carbocycles. The Hall–Kier alpha value is -1.95. The number of aromatic nitrogens is 1. The van der Waals surface area contributed by atoms with Crippen LogP contribution in [0.3, 0.4) is 0 Å². The quantitative estimate of drug-likeness (QED) is 0.894. The third-order valence-corrected chi connectivity index (χ3v) is 5.52. The highest BCUT2D eigenvalue weighted by atomic mass is 16.5. The number of piperazine rings is 1. The molecule has 3 heterocycles. The van der Waals surface area contributed by atoms with E-state index in [9.17, 15) is 5.11 Å². The van der Waals surface area contributed by atoms with E-state index in [4.69, 9.17) is 4.74 Å². The monoisotopic (exact) mass is 353 g/mol. The molecule has 5 heteroatoms. The number of fused-ring (bicyclic) bond motifs is 1. The summed E-state index contributed by atoms with van der Waals surface area (Å²) in [5.41, 5.74) is 2.14. The summed E-state index contributed by atoms with van der Waals surface area (Å²) in [7, 11) is 0. The fraction of sp³-hybridized carbons (Fsp3) is 0.476. The number of ether oxygens (including phenoxy) is 1. The third kappa shape index (κ3) is 3.90. The predicted molar refractivity (Wildman–Crippen MR) is 101 cm³/mol. The van der Waals surface area contributed by atoms with E-state index in [0.717, 1.165) is 44.0 Å². The number of hydrogen-bond donors (Lipinski definition) is 1. The van der Waals surface area contributed by atoms with Crippen LogP contribution in [0.4, 0.5) is 0 Å². The van der Waals surface area contributed by atoms with Crippen LogP contribution in [0.1, 0.15) is 24.6 Å². The molecule has 2 fully saturated rings. The van der Waals surface area contributed by atoms with E-state index in [1.54, 1.807) is 6.20 Å². The number of aliphatic hydroxyl groups excluding tert-OH is 1. The van der Waals surface area contributed by atoms with Gasteiger partial charge in [0.05, 0.1) is 11.8 Å². The number of rotatable bonds is 5. The molecule has 0 amide bonds. The van der Waals surface area contributed by atoms with Crippen molar-refractivity contribution in [3.8, 4) is 5.75 Å². The van der Waals surface area contributed by atoms with Crippen molar-refractivity contribution in [3.05, 3.63) is 59.9 Å². The maximum atomic E-state index is 9.96. The van der Waals surface area contributed by atoms with Gasteiger partial charge in [0.25, 0.3) is 0 Å². The summed E-state index contributed by atoms with van der Waals surface area (Å²) in [4.78, 5) is 9.29. The van der Waals surface area contributed by atoms with Crippen LogP contribution in [-0.4, -0.2) is 57.7 Å². The molecule has 3 atom stereocenters. The lowest BCUT2D eigenvalue weighted by Crippen LogP contribution is -2.54. The summed E-state index contributed by atoms with van der Waals surface area (Å²) < 4.78 is 6.06. The van der Waals surface area contributed by atoms with Gasteiger partial charge in [0.2, 0.25) is 0 Å². The number of pyridine rings is 1. The molecule has 2 aromatic rings. The molecule has 0 unspecified atom stereocenters. The summed E-state index contributed by atoms with van der Waals surface area (Å²) >= 11 is 0.